The molecule has 0 atom stereocenters. The molecule has 0 aliphatic carbocycles. The van der Waals surface area contributed by atoms with Gasteiger partial charge in [0.1, 0.15) is 0 Å². The fraction of sp³-hybridized carbons (Fsp3) is 0.200. The summed E-state index contributed by atoms with van der Waals surface area (Å²) in [4.78, 5) is 27.2. The maximum atomic E-state index is 12.2. The molecule has 1 aromatic heterocycles. The number of nitrogens with zero attached hydrogens (tertiary/aromatic N) is 1. The number of hydrogen-bond acceptors (Lipinski definition) is 3. The number of carbonyl (C=O) groups excluding carboxylic acids is 2. The minimum absolute atomic E-state index is 0.0456. The Morgan fingerprint density at radius 1 is 1.18 bits per heavy atom. The van der Waals surface area contributed by atoms with Crippen molar-refractivity contribution >= 4 is 52.0 Å². The van der Waals surface area contributed by atoms with Crippen LogP contribution in [0.4, 0.5) is 5.69 Å². The maximum absolute atomic E-state index is 12.2. The number of nitrogens with one attached hydrogen (secondary N) is 1. The molecule has 0 saturated heterocycles. The zero-order valence-corrected chi connectivity index (χ0v) is 14.4. The first kappa shape index (κ1) is 16.8. The van der Waals surface area contributed by atoms with Crippen LogP contribution >= 0.6 is 34.5 Å². The monoisotopic (exact) mass is 356 g/mol. The number of hydrogen-bond donors (Lipinski definition) is 1. The van der Waals surface area contributed by atoms with Crippen LogP contribution in [0.15, 0.2) is 30.3 Å². The predicted octanol–water partition coefficient (Wildman–Crippen LogP) is 4.07. The van der Waals surface area contributed by atoms with Crippen molar-refractivity contribution < 1.29 is 9.59 Å². The molecule has 2 amide bonds. The average molecular weight is 357 g/mol. The summed E-state index contributed by atoms with van der Waals surface area (Å²) in [6.45, 7) is 1.88. The summed E-state index contributed by atoms with van der Waals surface area (Å²) >= 11 is 13.1. The normalized spacial score (nSPS) is 10.4. The van der Waals surface area contributed by atoms with Crippen LogP contribution in [0, 0.1) is 6.92 Å². The average Bonchev–Trinajstić information content (AvgIpc) is 2.88. The molecule has 0 aliphatic heterocycles. The highest BCUT2D eigenvalue weighted by molar-refractivity contribution is 7.13. The van der Waals surface area contributed by atoms with E-state index in [1.165, 1.54) is 16.2 Å². The molecule has 22 heavy (non-hydrogen) atoms. The van der Waals surface area contributed by atoms with Crippen LogP contribution in [-0.2, 0) is 4.79 Å². The SMILES string of the molecule is Cc1ccc(C(=O)N(C)CC(=O)Nc2ccc(Cl)c(Cl)c2)s1. The van der Waals surface area contributed by atoms with Gasteiger partial charge in [0.15, 0.2) is 0 Å². The molecule has 7 heteroatoms. The van der Waals surface area contributed by atoms with Crippen molar-refractivity contribution in [2.75, 3.05) is 18.9 Å². The van der Waals surface area contributed by atoms with Crippen molar-refractivity contribution in [1.82, 2.24) is 4.90 Å². The van der Waals surface area contributed by atoms with Crippen molar-refractivity contribution in [2.45, 2.75) is 6.92 Å². The topological polar surface area (TPSA) is 49.4 Å². The van der Waals surface area contributed by atoms with E-state index in [2.05, 4.69) is 5.32 Å². The van der Waals surface area contributed by atoms with Gasteiger partial charge < -0.3 is 10.2 Å². The molecule has 0 fully saturated rings. The van der Waals surface area contributed by atoms with Crippen molar-refractivity contribution in [3.63, 3.8) is 0 Å². The van der Waals surface area contributed by atoms with E-state index in [0.29, 0.717) is 20.6 Å². The third-order valence-electron chi connectivity index (χ3n) is 2.88. The lowest BCUT2D eigenvalue weighted by molar-refractivity contribution is -0.116. The van der Waals surface area contributed by atoms with Gasteiger partial charge in [0.25, 0.3) is 5.91 Å². The molecule has 0 saturated carbocycles. The van der Waals surface area contributed by atoms with Gasteiger partial charge in [-0.15, -0.1) is 11.3 Å². The predicted molar refractivity (Wildman–Crippen MR) is 91.1 cm³/mol. The van der Waals surface area contributed by atoms with Crippen LogP contribution in [0.5, 0.6) is 0 Å². The van der Waals surface area contributed by atoms with E-state index in [9.17, 15) is 9.59 Å². The first-order valence-electron chi connectivity index (χ1n) is 6.43. The lowest BCUT2D eigenvalue weighted by atomic mass is 10.3. The molecular formula is C15H14Cl2N2O2S. The number of halogens is 2. The molecule has 0 bridgehead atoms. The summed E-state index contributed by atoms with van der Waals surface area (Å²) in [5, 5.41) is 3.46. The number of thiophene rings is 1. The van der Waals surface area contributed by atoms with Crippen molar-refractivity contribution in [1.29, 1.82) is 0 Å². The zero-order valence-electron chi connectivity index (χ0n) is 12.0. The lowest BCUT2D eigenvalue weighted by Crippen LogP contribution is -2.34. The highest BCUT2D eigenvalue weighted by Gasteiger charge is 2.16. The second kappa shape index (κ2) is 7.13. The van der Waals surface area contributed by atoms with Crippen LogP contribution in [-0.4, -0.2) is 30.3 Å². The van der Waals surface area contributed by atoms with E-state index in [1.54, 1.807) is 31.3 Å². The molecule has 0 aliphatic rings. The Morgan fingerprint density at radius 3 is 2.50 bits per heavy atom. The number of anilines is 1. The van der Waals surface area contributed by atoms with E-state index in [-0.39, 0.29) is 18.4 Å². The number of rotatable bonds is 4. The Kier molecular flexibility index (Phi) is 5.45. The van der Waals surface area contributed by atoms with Crippen LogP contribution < -0.4 is 5.32 Å². The largest absolute Gasteiger partial charge is 0.332 e. The Morgan fingerprint density at radius 2 is 1.91 bits per heavy atom. The zero-order chi connectivity index (χ0) is 16.3. The van der Waals surface area contributed by atoms with Crippen LogP contribution in [0.3, 0.4) is 0 Å². The molecule has 0 spiro atoms. The van der Waals surface area contributed by atoms with E-state index in [1.807, 2.05) is 13.0 Å². The number of benzene rings is 1. The second-order valence-corrected chi connectivity index (χ2v) is 6.85. The third kappa shape index (κ3) is 4.22. The maximum Gasteiger partial charge on any atom is 0.264 e. The van der Waals surface area contributed by atoms with E-state index >= 15 is 0 Å². The molecule has 1 heterocycles. The van der Waals surface area contributed by atoms with E-state index in [0.717, 1.165) is 4.88 Å². The molecule has 0 radical (unpaired) electrons. The fourth-order valence-corrected chi connectivity index (χ4v) is 2.96. The van der Waals surface area contributed by atoms with Crippen LogP contribution in [0.25, 0.3) is 0 Å². The van der Waals surface area contributed by atoms with Gasteiger partial charge in [-0.1, -0.05) is 23.2 Å². The molecule has 2 aromatic rings. The Bertz CT molecular complexity index is 715. The third-order valence-corrected chi connectivity index (χ3v) is 4.61. The van der Waals surface area contributed by atoms with E-state index < -0.39 is 0 Å². The molecule has 1 aromatic carbocycles. The van der Waals surface area contributed by atoms with E-state index in [4.69, 9.17) is 23.2 Å². The molecule has 116 valence electrons. The molecule has 2 rings (SSSR count). The van der Waals surface area contributed by atoms with Crippen LogP contribution in [0.2, 0.25) is 10.0 Å². The fourth-order valence-electron chi connectivity index (χ4n) is 1.80. The summed E-state index contributed by atoms with van der Waals surface area (Å²) in [7, 11) is 1.59. The highest BCUT2D eigenvalue weighted by atomic mass is 35.5. The minimum atomic E-state index is -0.303. The molecule has 0 unspecified atom stereocenters. The summed E-state index contributed by atoms with van der Waals surface area (Å²) in [6, 6.07) is 8.45. The van der Waals surface area contributed by atoms with Gasteiger partial charge in [-0.3, -0.25) is 9.59 Å². The smallest absolute Gasteiger partial charge is 0.264 e. The summed E-state index contributed by atoms with van der Waals surface area (Å²) in [5.41, 5.74) is 0.534. The van der Waals surface area contributed by atoms with Gasteiger partial charge in [-0.25, -0.2) is 0 Å². The number of amides is 2. The summed E-state index contributed by atoms with van der Waals surface area (Å²) < 4.78 is 0. The first-order valence-corrected chi connectivity index (χ1v) is 8.01. The highest BCUT2D eigenvalue weighted by Crippen LogP contribution is 2.25. The Labute approximate surface area is 142 Å². The Balaban J connectivity index is 1.96. The van der Waals surface area contributed by atoms with Crippen LogP contribution in [0.1, 0.15) is 14.5 Å². The molecule has 1 N–H and O–H groups in total. The van der Waals surface area contributed by atoms with Crippen molar-refractivity contribution in [3.8, 4) is 0 Å². The first-order chi connectivity index (χ1) is 10.4. The lowest BCUT2D eigenvalue weighted by Gasteiger charge is -2.16. The van der Waals surface area contributed by atoms with Gasteiger partial charge >= 0.3 is 0 Å². The molecule has 4 nitrogen and oxygen atoms in total. The van der Waals surface area contributed by atoms with Gasteiger partial charge in [0.2, 0.25) is 5.91 Å². The van der Waals surface area contributed by atoms with Gasteiger partial charge in [-0.05, 0) is 37.3 Å². The quantitative estimate of drug-likeness (QED) is 0.897. The van der Waals surface area contributed by atoms with Gasteiger partial charge in [-0.2, -0.15) is 0 Å². The van der Waals surface area contributed by atoms with Crippen molar-refractivity contribution in [3.05, 3.63) is 50.1 Å². The number of carbonyl (C=O) groups is 2. The number of likely N-dealkylation sites (N-methyl/N-ethyl adjacent to an activating group) is 1. The van der Waals surface area contributed by atoms with Crippen molar-refractivity contribution in [2.24, 2.45) is 0 Å². The summed E-state index contributed by atoms with van der Waals surface area (Å²) in [6.07, 6.45) is 0. The second-order valence-electron chi connectivity index (χ2n) is 4.75. The minimum Gasteiger partial charge on any atom is -0.332 e. The van der Waals surface area contributed by atoms with Gasteiger partial charge in [0.05, 0.1) is 21.5 Å². The standard InChI is InChI=1S/C15H14Cl2N2O2S/c1-9-3-6-13(22-9)15(21)19(2)8-14(20)18-10-4-5-11(16)12(17)7-10/h3-7H,8H2,1-2H3,(H,18,20). The summed E-state index contributed by atoms with van der Waals surface area (Å²) in [5.74, 6) is -0.482. The Hall–Kier alpha value is -1.56. The number of aryl methyl sites for hydroxylation is 1. The van der Waals surface area contributed by atoms with Gasteiger partial charge in [0, 0.05) is 17.6 Å². The molecular weight excluding hydrogens is 343 g/mol.